The van der Waals surface area contributed by atoms with E-state index in [0.29, 0.717) is 5.56 Å². The average Bonchev–Trinajstić information content (AvgIpc) is 2.73. The van der Waals surface area contributed by atoms with E-state index in [1.807, 2.05) is 0 Å². The van der Waals surface area contributed by atoms with Crippen molar-refractivity contribution in [3.8, 4) is 5.75 Å². The van der Waals surface area contributed by atoms with Crippen molar-refractivity contribution in [2.75, 3.05) is 11.8 Å². The average molecular weight is 467 g/mol. The molecule has 2 N–H and O–H groups in total. The van der Waals surface area contributed by atoms with Gasteiger partial charge in [-0.15, -0.1) is 0 Å². The van der Waals surface area contributed by atoms with Gasteiger partial charge in [-0.1, -0.05) is 17.7 Å². The lowest BCUT2D eigenvalue weighted by Crippen LogP contribution is -2.24. The molecule has 0 heterocycles. The van der Waals surface area contributed by atoms with Crippen molar-refractivity contribution in [1.82, 2.24) is 5.32 Å². The summed E-state index contributed by atoms with van der Waals surface area (Å²) in [6.45, 7) is -0.0130. The Morgan fingerprint density at radius 1 is 1.03 bits per heavy atom. The Labute approximate surface area is 182 Å². The largest absolute Gasteiger partial charge is 0.494 e. The smallest absolute Gasteiger partial charge is 0.261 e. The van der Waals surface area contributed by atoms with Gasteiger partial charge in [-0.25, -0.2) is 17.2 Å². The number of carbonyl (C=O) groups excluding carboxylic acids is 1. The molecule has 0 unspecified atom stereocenters. The predicted octanol–water partition coefficient (Wildman–Crippen LogP) is 4.36. The molecule has 0 aliphatic heterocycles. The van der Waals surface area contributed by atoms with Gasteiger partial charge < -0.3 is 10.1 Å². The summed E-state index contributed by atoms with van der Waals surface area (Å²) in [5, 5.41) is 2.61. The zero-order chi connectivity index (χ0) is 22.6. The molecule has 3 aromatic carbocycles. The molecule has 0 spiro atoms. The maximum atomic E-state index is 13.8. The topological polar surface area (TPSA) is 84.5 Å². The highest BCUT2D eigenvalue weighted by Crippen LogP contribution is 2.23. The van der Waals surface area contributed by atoms with Gasteiger partial charge in [-0.2, -0.15) is 0 Å². The molecule has 0 radical (unpaired) electrons. The number of hydrogen-bond donors (Lipinski definition) is 2. The second kappa shape index (κ2) is 9.32. The zero-order valence-corrected chi connectivity index (χ0v) is 17.7. The molecular formula is C21H17ClF2N2O4S. The summed E-state index contributed by atoms with van der Waals surface area (Å²) in [6, 6.07) is 12.6. The molecule has 6 nitrogen and oxygen atoms in total. The molecule has 0 aromatic heterocycles. The number of halogens is 3. The molecule has 0 fully saturated rings. The van der Waals surface area contributed by atoms with E-state index < -0.39 is 27.6 Å². The van der Waals surface area contributed by atoms with Crippen LogP contribution in [0, 0.1) is 11.6 Å². The zero-order valence-electron chi connectivity index (χ0n) is 16.2. The number of carbonyl (C=O) groups is 1. The number of anilines is 1. The quantitative estimate of drug-likeness (QED) is 0.542. The molecule has 10 heteroatoms. The number of hydrogen-bond acceptors (Lipinski definition) is 4. The van der Waals surface area contributed by atoms with Gasteiger partial charge in [0.05, 0.1) is 22.6 Å². The minimum Gasteiger partial charge on any atom is -0.494 e. The first kappa shape index (κ1) is 22.5. The van der Waals surface area contributed by atoms with Crippen molar-refractivity contribution in [3.05, 3.63) is 88.4 Å². The van der Waals surface area contributed by atoms with Gasteiger partial charge in [0.1, 0.15) is 5.82 Å². The number of ether oxygens (including phenoxy) is 1. The van der Waals surface area contributed by atoms with Gasteiger partial charge in [-0.3, -0.25) is 9.52 Å². The first-order valence-corrected chi connectivity index (χ1v) is 10.7. The Morgan fingerprint density at radius 2 is 1.74 bits per heavy atom. The van der Waals surface area contributed by atoms with Crippen LogP contribution in [0.4, 0.5) is 14.5 Å². The van der Waals surface area contributed by atoms with Crippen molar-refractivity contribution in [1.29, 1.82) is 0 Å². The summed E-state index contributed by atoms with van der Waals surface area (Å²) in [4.78, 5) is 12.3. The molecule has 0 aliphatic rings. The molecule has 0 atom stereocenters. The number of amides is 1. The molecular weight excluding hydrogens is 450 g/mol. The van der Waals surface area contributed by atoms with Crippen molar-refractivity contribution >= 4 is 33.2 Å². The number of benzene rings is 3. The Hall–Kier alpha value is -3.17. The minimum absolute atomic E-state index is 0.0130. The van der Waals surface area contributed by atoms with E-state index in [4.69, 9.17) is 16.3 Å². The van der Waals surface area contributed by atoms with Gasteiger partial charge >= 0.3 is 0 Å². The van der Waals surface area contributed by atoms with Crippen molar-refractivity contribution in [2.45, 2.75) is 11.4 Å². The van der Waals surface area contributed by atoms with E-state index in [-0.39, 0.29) is 33.5 Å². The molecule has 0 saturated heterocycles. The van der Waals surface area contributed by atoms with Crippen LogP contribution in [0.2, 0.25) is 5.02 Å². The summed E-state index contributed by atoms with van der Waals surface area (Å²) >= 11 is 6.07. The second-order valence-corrected chi connectivity index (χ2v) is 8.50. The van der Waals surface area contributed by atoms with Crippen LogP contribution >= 0.6 is 11.6 Å². The van der Waals surface area contributed by atoms with Crippen LogP contribution in [-0.2, 0) is 16.6 Å². The van der Waals surface area contributed by atoms with Crippen LogP contribution in [0.1, 0.15) is 15.9 Å². The third-order valence-corrected chi connectivity index (χ3v) is 5.97. The highest BCUT2D eigenvalue weighted by molar-refractivity contribution is 7.92. The number of sulfonamides is 1. The van der Waals surface area contributed by atoms with Crippen LogP contribution in [-0.4, -0.2) is 21.4 Å². The van der Waals surface area contributed by atoms with Gasteiger partial charge in [-0.05, 0) is 60.2 Å². The third kappa shape index (κ3) is 5.50. The maximum Gasteiger partial charge on any atom is 0.261 e. The van der Waals surface area contributed by atoms with Crippen LogP contribution in [0.3, 0.4) is 0 Å². The van der Waals surface area contributed by atoms with E-state index in [1.54, 1.807) is 6.07 Å². The van der Waals surface area contributed by atoms with E-state index in [1.165, 1.54) is 43.5 Å². The fraction of sp³-hybridized carbons (Fsp3) is 0.0952. The van der Waals surface area contributed by atoms with Gasteiger partial charge in [0.25, 0.3) is 15.9 Å². The third-order valence-electron chi connectivity index (χ3n) is 4.26. The monoisotopic (exact) mass is 466 g/mol. The summed E-state index contributed by atoms with van der Waals surface area (Å²) in [5.74, 6) is -1.65. The van der Waals surface area contributed by atoms with Crippen molar-refractivity contribution in [2.24, 2.45) is 0 Å². The second-order valence-electron chi connectivity index (χ2n) is 6.41. The predicted molar refractivity (Wildman–Crippen MR) is 113 cm³/mol. The van der Waals surface area contributed by atoms with E-state index >= 15 is 0 Å². The van der Waals surface area contributed by atoms with Gasteiger partial charge in [0.2, 0.25) is 0 Å². The van der Waals surface area contributed by atoms with Crippen LogP contribution in [0.25, 0.3) is 0 Å². The van der Waals surface area contributed by atoms with Crippen LogP contribution in [0.15, 0.2) is 65.6 Å². The van der Waals surface area contributed by atoms with Crippen molar-refractivity contribution in [3.63, 3.8) is 0 Å². The lowest BCUT2D eigenvalue weighted by Gasteiger charge is -2.11. The normalized spacial score (nSPS) is 11.1. The number of rotatable bonds is 7. The van der Waals surface area contributed by atoms with Gasteiger partial charge in [0.15, 0.2) is 11.6 Å². The lowest BCUT2D eigenvalue weighted by molar-refractivity contribution is 0.0950. The van der Waals surface area contributed by atoms with Gasteiger partial charge in [0, 0.05) is 12.2 Å². The van der Waals surface area contributed by atoms with Crippen LogP contribution < -0.4 is 14.8 Å². The number of nitrogens with one attached hydrogen (secondary N) is 2. The molecule has 0 bridgehead atoms. The molecule has 3 aromatic rings. The summed E-state index contributed by atoms with van der Waals surface area (Å²) < 4.78 is 59.2. The molecule has 31 heavy (non-hydrogen) atoms. The fourth-order valence-corrected chi connectivity index (χ4v) is 3.96. The minimum atomic E-state index is -4.05. The Kier molecular flexibility index (Phi) is 6.77. The Balaban J connectivity index is 1.77. The fourth-order valence-electron chi connectivity index (χ4n) is 2.67. The molecule has 0 saturated carbocycles. The van der Waals surface area contributed by atoms with Crippen LogP contribution in [0.5, 0.6) is 5.75 Å². The summed E-state index contributed by atoms with van der Waals surface area (Å²) in [5.41, 5.74) is 0.561. The molecule has 1 amide bonds. The maximum absolute atomic E-state index is 13.8. The van der Waals surface area contributed by atoms with Crippen molar-refractivity contribution < 1.29 is 26.7 Å². The highest BCUT2D eigenvalue weighted by Gasteiger charge is 2.19. The Bertz CT molecular complexity index is 1220. The lowest BCUT2D eigenvalue weighted by atomic mass is 10.2. The number of methoxy groups -OCH3 is 1. The molecule has 0 aliphatic carbocycles. The SMILES string of the molecule is COc1ccc(CNC(=O)c2cc(S(=O)(=O)Nc3ccc(F)cc3)ccc2Cl)cc1F. The van der Waals surface area contributed by atoms with E-state index in [0.717, 1.165) is 18.2 Å². The first-order chi connectivity index (χ1) is 14.7. The van der Waals surface area contributed by atoms with E-state index in [2.05, 4.69) is 10.0 Å². The molecule has 162 valence electrons. The molecule has 3 rings (SSSR count). The summed E-state index contributed by atoms with van der Waals surface area (Å²) in [7, 11) is -2.71. The highest BCUT2D eigenvalue weighted by atomic mass is 35.5. The summed E-state index contributed by atoms with van der Waals surface area (Å²) in [6.07, 6.45) is 0. The Morgan fingerprint density at radius 3 is 2.39 bits per heavy atom. The van der Waals surface area contributed by atoms with E-state index in [9.17, 15) is 22.0 Å². The first-order valence-electron chi connectivity index (χ1n) is 8.88. The standard InChI is InChI=1S/C21H17ClF2N2O4S/c1-30-20-9-2-13(10-19(20)24)12-25-21(27)17-11-16(7-8-18(17)22)31(28,29)26-15-5-3-14(23)4-6-15/h2-11,26H,12H2,1H3,(H,25,27).